The zero-order valence-electron chi connectivity index (χ0n) is 12.4. The predicted octanol–water partition coefficient (Wildman–Crippen LogP) is 2.92. The highest BCUT2D eigenvalue weighted by atomic mass is 19.1. The fourth-order valence-electron chi connectivity index (χ4n) is 2.81. The van der Waals surface area contributed by atoms with Crippen molar-refractivity contribution in [3.05, 3.63) is 17.7 Å². The Morgan fingerprint density at radius 3 is 2.67 bits per heavy atom. The van der Waals surface area contributed by atoms with Crippen LogP contribution in [-0.2, 0) is 0 Å². The molecule has 6 heteroatoms. The molecule has 1 aromatic rings. The van der Waals surface area contributed by atoms with Gasteiger partial charge in [0, 0.05) is 25.2 Å². The first-order chi connectivity index (χ1) is 10.2. The third-order valence-corrected chi connectivity index (χ3v) is 3.83. The fourth-order valence-corrected chi connectivity index (χ4v) is 2.81. The van der Waals surface area contributed by atoms with E-state index >= 15 is 0 Å². The largest absolute Gasteiger partial charge is 0.395 e. The van der Waals surface area contributed by atoms with Gasteiger partial charge in [-0.25, -0.2) is 13.8 Å². The number of anilines is 2. The topological polar surface area (TPSA) is 48.4 Å². The maximum absolute atomic E-state index is 14.1. The summed E-state index contributed by atoms with van der Waals surface area (Å²) in [5.41, 5.74) is 0. The molecular formula is C15H23F2N3O. The molecule has 0 bridgehead atoms. The molecule has 1 aliphatic rings. The van der Waals surface area contributed by atoms with E-state index in [0.717, 1.165) is 38.2 Å². The second-order valence-corrected chi connectivity index (χ2v) is 5.41. The Labute approximate surface area is 124 Å². The minimum Gasteiger partial charge on any atom is -0.395 e. The van der Waals surface area contributed by atoms with E-state index in [4.69, 9.17) is 0 Å². The van der Waals surface area contributed by atoms with Gasteiger partial charge in [-0.1, -0.05) is 19.8 Å². The first kappa shape index (κ1) is 15.9. The van der Waals surface area contributed by atoms with Crippen LogP contribution in [0.2, 0.25) is 0 Å². The van der Waals surface area contributed by atoms with Crippen LogP contribution in [0.4, 0.5) is 20.4 Å². The van der Waals surface area contributed by atoms with Crippen molar-refractivity contribution < 1.29 is 13.9 Å². The van der Waals surface area contributed by atoms with Crippen LogP contribution >= 0.6 is 0 Å². The summed E-state index contributed by atoms with van der Waals surface area (Å²) >= 11 is 0. The molecule has 1 fully saturated rings. The Kier molecular flexibility index (Phi) is 5.73. The van der Waals surface area contributed by atoms with Crippen molar-refractivity contribution in [3.63, 3.8) is 0 Å². The summed E-state index contributed by atoms with van der Waals surface area (Å²) in [5.74, 6) is -1.14. The molecule has 4 nitrogen and oxygen atoms in total. The van der Waals surface area contributed by atoms with Gasteiger partial charge in [0.2, 0.25) is 0 Å². The molecule has 0 atom stereocenters. The summed E-state index contributed by atoms with van der Waals surface area (Å²) in [5, 5.41) is 12.1. The lowest BCUT2D eigenvalue weighted by Crippen LogP contribution is -2.37. The van der Waals surface area contributed by atoms with Gasteiger partial charge in [0.1, 0.15) is 0 Å². The lowest BCUT2D eigenvalue weighted by Gasteiger charge is -2.30. The van der Waals surface area contributed by atoms with Crippen LogP contribution in [0.1, 0.15) is 39.0 Å². The monoisotopic (exact) mass is 299 g/mol. The molecule has 0 aliphatic heterocycles. The van der Waals surface area contributed by atoms with Crippen molar-refractivity contribution in [1.29, 1.82) is 0 Å². The van der Waals surface area contributed by atoms with E-state index in [0.29, 0.717) is 13.1 Å². The van der Waals surface area contributed by atoms with Gasteiger partial charge < -0.3 is 15.3 Å². The molecular weight excluding hydrogens is 276 g/mol. The van der Waals surface area contributed by atoms with E-state index < -0.39 is 11.6 Å². The van der Waals surface area contributed by atoms with Crippen molar-refractivity contribution in [2.45, 2.75) is 45.1 Å². The van der Waals surface area contributed by atoms with Gasteiger partial charge in [-0.3, -0.25) is 0 Å². The standard InChI is InChI=1S/C15H23F2N3O/c1-2-7-18-14-12(16)10-13(17)15(19-14)20(8-9-21)11-5-3-4-6-11/h10-11,21H,2-9H2,1H3,(H,18,19). The molecule has 0 unspecified atom stereocenters. The van der Waals surface area contributed by atoms with E-state index in [1.807, 2.05) is 6.92 Å². The number of rotatable bonds is 7. The summed E-state index contributed by atoms with van der Waals surface area (Å²) < 4.78 is 27.9. The van der Waals surface area contributed by atoms with E-state index in [1.54, 1.807) is 4.90 Å². The van der Waals surface area contributed by atoms with Gasteiger partial charge in [-0.05, 0) is 19.3 Å². The maximum atomic E-state index is 14.1. The van der Waals surface area contributed by atoms with E-state index in [2.05, 4.69) is 10.3 Å². The van der Waals surface area contributed by atoms with Gasteiger partial charge in [-0.2, -0.15) is 0 Å². The number of hydrogen-bond acceptors (Lipinski definition) is 4. The highest BCUT2D eigenvalue weighted by molar-refractivity contribution is 5.50. The number of nitrogens with zero attached hydrogens (tertiary/aromatic N) is 2. The number of aliphatic hydroxyl groups excluding tert-OH is 1. The molecule has 0 saturated heterocycles. The van der Waals surface area contributed by atoms with Gasteiger partial charge in [0.05, 0.1) is 6.61 Å². The first-order valence-electron chi connectivity index (χ1n) is 7.64. The smallest absolute Gasteiger partial charge is 0.168 e. The minimum absolute atomic E-state index is 0.0767. The Balaban J connectivity index is 2.29. The summed E-state index contributed by atoms with van der Waals surface area (Å²) in [6, 6.07) is 1.04. The Bertz CT molecular complexity index is 464. The average Bonchev–Trinajstić information content (AvgIpc) is 2.98. The quantitative estimate of drug-likeness (QED) is 0.813. The van der Waals surface area contributed by atoms with Crippen LogP contribution in [0.15, 0.2) is 6.07 Å². The van der Waals surface area contributed by atoms with Gasteiger partial charge >= 0.3 is 0 Å². The van der Waals surface area contributed by atoms with E-state index in [1.165, 1.54) is 0 Å². The van der Waals surface area contributed by atoms with Crippen LogP contribution in [0.5, 0.6) is 0 Å². The summed E-state index contributed by atoms with van der Waals surface area (Å²) in [6.07, 6.45) is 4.93. The van der Waals surface area contributed by atoms with Crippen molar-refractivity contribution >= 4 is 11.6 Å². The van der Waals surface area contributed by atoms with Crippen molar-refractivity contribution in [3.8, 4) is 0 Å². The van der Waals surface area contributed by atoms with Crippen LogP contribution in [0.3, 0.4) is 0 Å². The Hall–Kier alpha value is -1.43. The molecule has 0 amide bonds. The SMILES string of the molecule is CCCNc1nc(N(CCO)C2CCCC2)c(F)cc1F. The lowest BCUT2D eigenvalue weighted by molar-refractivity contribution is 0.296. The fraction of sp³-hybridized carbons (Fsp3) is 0.667. The molecule has 0 radical (unpaired) electrons. The number of nitrogens with one attached hydrogen (secondary N) is 1. The van der Waals surface area contributed by atoms with Gasteiger partial charge in [0.15, 0.2) is 23.3 Å². The molecule has 118 valence electrons. The van der Waals surface area contributed by atoms with Crippen LogP contribution in [-0.4, -0.2) is 35.8 Å². The van der Waals surface area contributed by atoms with Crippen molar-refractivity contribution in [2.75, 3.05) is 29.9 Å². The maximum Gasteiger partial charge on any atom is 0.168 e. The average molecular weight is 299 g/mol. The van der Waals surface area contributed by atoms with Crippen molar-refractivity contribution in [1.82, 2.24) is 4.98 Å². The molecule has 1 aromatic heterocycles. The third-order valence-electron chi connectivity index (χ3n) is 3.83. The minimum atomic E-state index is -0.680. The van der Waals surface area contributed by atoms with E-state index in [9.17, 15) is 13.9 Å². The molecule has 21 heavy (non-hydrogen) atoms. The van der Waals surface area contributed by atoms with E-state index in [-0.39, 0.29) is 24.3 Å². The number of hydrogen-bond donors (Lipinski definition) is 2. The molecule has 0 spiro atoms. The molecule has 1 saturated carbocycles. The zero-order chi connectivity index (χ0) is 15.2. The normalized spacial score (nSPS) is 15.4. The predicted molar refractivity (Wildman–Crippen MR) is 79.6 cm³/mol. The molecule has 2 rings (SSSR count). The Morgan fingerprint density at radius 1 is 1.33 bits per heavy atom. The summed E-state index contributed by atoms with van der Waals surface area (Å²) in [6.45, 7) is 2.78. The number of aromatic nitrogens is 1. The lowest BCUT2D eigenvalue weighted by atomic mass is 10.2. The Morgan fingerprint density at radius 2 is 2.05 bits per heavy atom. The first-order valence-corrected chi connectivity index (χ1v) is 7.64. The number of halogens is 2. The summed E-state index contributed by atoms with van der Waals surface area (Å²) in [7, 11) is 0. The highest BCUT2D eigenvalue weighted by Crippen LogP contribution is 2.30. The van der Waals surface area contributed by atoms with Crippen LogP contribution < -0.4 is 10.2 Å². The highest BCUT2D eigenvalue weighted by Gasteiger charge is 2.26. The molecule has 1 aliphatic carbocycles. The third kappa shape index (κ3) is 3.81. The second-order valence-electron chi connectivity index (χ2n) is 5.41. The van der Waals surface area contributed by atoms with Crippen LogP contribution in [0.25, 0.3) is 0 Å². The van der Waals surface area contributed by atoms with Crippen LogP contribution in [0, 0.1) is 11.6 Å². The molecule has 2 N–H and O–H groups in total. The zero-order valence-corrected chi connectivity index (χ0v) is 12.4. The number of aliphatic hydroxyl groups is 1. The molecule has 0 aromatic carbocycles. The molecule has 1 heterocycles. The summed E-state index contributed by atoms with van der Waals surface area (Å²) in [4.78, 5) is 5.90. The van der Waals surface area contributed by atoms with Gasteiger partial charge in [0.25, 0.3) is 0 Å². The van der Waals surface area contributed by atoms with Gasteiger partial charge in [-0.15, -0.1) is 0 Å². The van der Waals surface area contributed by atoms with Crippen molar-refractivity contribution in [2.24, 2.45) is 0 Å². The number of pyridine rings is 1. The second kappa shape index (κ2) is 7.54.